The Balaban J connectivity index is 0.942. The number of carbonyl (C=O) groups is 2. The van der Waals surface area contributed by atoms with Gasteiger partial charge in [-0.25, -0.2) is 8.42 Å². The summed E-state index contributed by atoms with van der Waals surface area (Å²) in [6.07, 6.45) is -3.68. The molecule has 7 aromatic rings. The van der Waals surface area contributed by atoms with Crippen molar-refractivity contribution in [1.82, 2.24) is 25.1 Å². The van der Waals surface area contributed by atoms with Gasteiger partial charge in [0, 0.05) is 39.7 Å². The van der Waals surface area contributed by atoms with Gasteiger partial charge in [0.25, 0.3) is 15.9 Å². The third-order valence-electron chi connectivity index (χ3n) is 10.7. The van der Waals surface area contributed by atoms with Crippen LogP contribution in [0, 0.1) is 32.1 Å². The van der Waals surface area contributed by atoms with Gasteiger partial charge in [-0.15, -0.1) is 21.5 Å². The molecule has 1 aliphatic rings. The smallest absolute Gasteiger partial charge is 0.417 e. The molecule has 4 aromatic carbocycles. The van der Waals surface area contributed by atoms with Gasteiger partial charge in [-0.3, -0.25) is 23.9 Å². The Morgan fingerprint density at radius 1 is 0.935 bits per heavy atom. The second-order valence-corrected chi connectivity index (χ2v) is 17.4. The van der Waals surface area contributed by atoms with Gasteiger partial charge < -0.3 is 15.0 Å². The number of ether oxygens (including phenoxy) is 1. The molecule has 13 nitrogen and oxygen atoms in total. The molecule has 1 amide bonds. The Morgan fingerprint density at radius 2 is 1.60 bits per heavy atom. The predicted molar refractivity (Wildman–Crippen MR) is 227 cm³/mol. The second kappa shape index (κ2) is 16.1. The van der Waals surface area contributed by atoms with Crippen LogP contribution in [0.5, 0.6) is 0 Å². The number of hydrogen-bond acceptors (Lipinski definition) is 10. The number of aromatic amines is 1. The molecule has 0 fully saturated rings. The zero-order valence-corrected chi connectivity index (χ0v) is 35.0. The van der Waals surface area contributed by atoms with Crippen LogP contribution in [0.3, 0.4) is 0 Å². The molecule has 3 aromatic heterocycles. The summed E-state index contributed by atoms with van der Waals surface area (Å²) < 4.78 is 76.7. The van der Waals surface area contributed by atoms with E-state index in [1.54, 1.807) is 29.5 Å². The summed E-state index contributed by atoms with van der Waals surface area (Å²) >= 11 is 1.62. The summed E-state index contributed by atoms with van der Waals surface area (Å²) in [7, 11) is -2.91. The van der Waals surface area contributed by atoms with E-state index in [4.69, 9.17) is 9.73 Å². The molecule has 62 heavy (non-hydrogen) atoms. The summed E-state index contributed by atoms with van der Waals surface area (Å²) in [5, 5.41) is 21.4. The topological polar surface area (TPSA) is 184 Å². The number of fused-ring (bicyclic) bond motifs is 4. The number of benzene rings is 4. The van der Waals surface area contributed by atoms with Gasteiger partial charge in [-0.2, -0.15) is 18.4 Å². The van der Waals surface area contributed by atoms with Crippen LogP contribution in [0.25, 0.3) is 27.0 Å². The number of hydrogen-bond donors (Lipinski definition) is 3. The highest BCUT2D eigenvalue weighted by molar-refractivity contribution is 7.92. The number of alkyl halides is 3. The van der Waals surface area contributed by atoms with Gasteiger partial charge in [0.05, 0.1) is 46.5 Å². The molecule has 1 atom stereocenters. The molecule has 0 aliphatic carbocycles. The summed E-state index contributed by atoms with van der Waals surface area (Å²) in [6.45, 7) is 6.07. The molecule has 0 unspecified atom stereocenters. The number of aromatic nitrogens is 4. The maximum Gasteiger partial charge on any atom is 0.417 e. The molecule has 3 N–H and O–H groups in total. The molecule has 0 saturated carbocycles. The summed E-state index contributed by atoms with van der Waals surface area (Å²) in [5.74, 6) is 0.500. The molecule has 18 heteroatoms. The fourth-order valence-electron chi connectivity index (χ4n) is 7.33. The lowest BCUT2D eigenvalue weighted by molar-refractivity contribution is -0.141. The van der Waals surface area contributed by atoms with Crippen LogP contribution in [-0.4, -0.2) is 52.9 Å². The van der Waals surface area contributed by atoms with Gasteiger partial charge >= 0.3 is 12.1 Å². The number of rotatable bonds is 10. The van der Waals surface area contributed by atoms with Crippen LogP contribution in [0.2, 0.25) is 0 Å². The van der Waals surface area contributed by atoms with Crippen LogP contribution in [0.1, 0.15) is 72.7 Å². The van der Waals surface area contributed by atoms with Gasteiger partial charge in [0.15, 0.2) is 5.82 Å². The van der Waals surface area contributed by atoms with Crippen molar-refractivity contribution in [1.29, 1.82) is 5.26 Å². The number of aliphatic imine (C=N–C) groups is 1. The molecule has 1 aliphatic heterocycles. The van der Waals surface area contributed by atoms with E-state index in [0.717, 1.165) is 61.7 Å². The predicted octanol–water partition coefficient (Wildman–Crippen LogP) is 8.48. The lowest BCUT2D eigenvalue weighted by Crippen LogP contribution is -2.22. The number of nitriles is 1. The number of sulfonamides is 1. The number of carbonyl (C=O) groups excluding carboxylic acids is 2. The van der Waals surface area contributed by atoms with Crippen molar-refractivity contribution in [3.63, 3.8) is 0 Å². The highest BCUT2D eigenvalue weighted by atomic mass is 32.2. The standard InChI is InChI=1S/C44H35F3N8O5S2/c1-23-24(2)61-43-37(23)39(51-35(19-36(56)60-4)41-53-52-25(3)55(41)43)29-11-7-27(8-12-29)28-9-13-30(14-10-28)42(57)50-21-26-5-15-32(16-6-26)62(58,59)54-34-18-17-33(44(45,46)47)38-31(20-48)22-49-40(34)38/h5-18,22,35,49,54H,19,21H2,1-4H3,(H,50,57)/t35-/m0/s1. The van der Waals surface area contributed by atoms with Crippen molar-refractivity contribution in [2.24, 2.45) is 4.99 Å². The van der Waals surface area contributed by atoms with E-state index in [1.807, 2.05) is 47.9 Å². The Morgan fingerprint density at radius 3 is 2.24 bits per heavy atom. The maximum atomic E-state index is 13.7. The maximum absolute atomic E-state index is 13.7. The van der Waals surface area contributed by atoms with E-state index in [0.29, 0.717) is 22.8 Å². The minimum Gasteiger partial charge on any atom is -0.469 e. The van der Waals surface area contributed by atoms with Gasteiger partial charge in [-0.05, 0) is 79.4 Å². The lowest BCUT2D eigenvalue weighted by atomic mass is 9.96. The van der Waals surface area contributed by atoms with Crippen LogP contribution >= 0.6 is 11.3 Å². The number of esters is 1. The zero-order chi connectivity index (χ0) is 44.1. The summed E-state index contributed by atoms with van der Waals surface area (Å²) in [5.41, 5.74) is 4.72. The van der Waals surface area contributed by atoms with E-state index in [9.17, 15) is 36.4 Å². The first-order chi connectivity index (χ1) is 29.6. The fourth-order valence-corrected chi connectivity index (χ4v) is 9.62. The van der Waals surface area contributed by atoms with Crippen LogP contribution in [0.15, 0.2) is 101 Å². The van der Waals surface area contributed by atoms with Crippen molar-refractivity contribution in [3.05, 3.63) is 147 Å². The van der Waals surface area contributed by atoms with E-state index in [1.165, 1.54) is 31.4 Å². The van der Waals surface area contributed by atoms with Crippen molar-refractivity contribution >= 4 is 55.5 Å². The number of thiophene rings is 1. The summed E-state index contributed by atoms with van der Waals surface area (Å²) in [4.78, 5) is 34.3. The molecule has 0 bridgehead atoms. The molecular weight excluding hydrogens is 842 g/mol. The minimum atomic E-state index is -4.76. The Kier molecular flexibility index (Phi) is 10.8. The largest absolute Gasteiger partial charge is 0.469 e. The van der Waals surface area contributed by atoms with Gasteiger partial charge in [0.2, 0.25) is 0 Å². The van der Waals surface area contributed by atoms with E-state index < -0.39 is 39.2 Å². The van der Waals surface area contributed by atoms with Gasteiger partial charge in [0.1, 0.15) is 22.9 Å². The number of nitrogens with one attached hydrogen (secondary N) is 3. The average molecular weight is 877 g/mol. The number of aryl methyl sites for hydroxylation is 2. The molecule has 0 saturated heterocycles. The van der Waals surface area contributed by atoms with E-state index >= 15 is 0 Å². The molecule has 4 heterocycles. The van der Waals surface area contributed by atoms with E-state index in [2.05, 4.69) is 39.1 Å². The third-order valence-corrected chi connectivity index (χ3v) is 13.2. The highest BCUT2D eigenvalue weighted by Crippen LogP contribution is 2.41. The quantitative estimate of drug-likeness (QED) is 0.114. The Bertz CT molecular complexity index is 3090. The van der Waals surface area contributed by atoms with Crippen molar-refractivity contribution < 1.29 is 35.9 Å². The van der Waals surface area contributed by atoms with E-state index in [-0.39, 0.29) is 40.5 Å². The molecule has 0 spiro atoms. The normalized spacial score (nSPS) is 13.7. The monoisotopic (exact) mass is 876 g/mol. The SMILES string of the molecule is COC(=O)C[C@@H]1N=C(c2ccc(-c3ccc(C(=O)NCc4ccc(S(=O)(=O)Nc5ccc(C(F)(F)F)c6c(C#N)c[nH]c56)cc4)cc3)cc2)c2c(sc(C)c2C)-n2c(C)nnc21. The van der Waals surface area contributed by atoms with Crippen molar-refractivity contribution in [3.8, 4) is 22.2 Å². The Hall–Kier alpha value is -7.10. The number of nitrogens with zero attached hydrogens (tertiary/aromatic N) is 5. The number of amides is 1. The van der Waals surface area contributed by atoms with Crippen LogP contribution < -0.4 is 10.0 Å². The fraction of sp³-hybridized carbons (Fsp3) is 0.182. The average Bonchev–Trinajstić information content (AvgIpc) is 3.93. The van der Waals surface area contributed by atoms with Crippen molar-refractivity contribution in [2.75, 3.05) is 11.8 Å². The molecule has 314 valence electrons. The highest BCUT2D eigenvalue weighted by Gasteiger charge is 2.35. The minimum absolute atomic E-state index is 0.000741. The second-order valence-electron chi connectivity index (χ2n) is 14.5. The van der Waals surface area contributed by atoms with Crippen LogP contribution in [0.4, 0.5) is 18.9 Å². The lowest BCUT2D eigenvalue weighted by Gasteiger charge is -2.13. The van der Waals surface area contributed by atoms with Crippen molar-refractivity contribution in [2.45, 2.75) is 50.9 Å². The molecule has 8 rings (SSSR count). The Labute approximate surface area is 357 Å². The first-order valence-electron chi connectivity index (χ1n) is 19.0. The molecular formula is C44H35F3N8O5S2. The van der Waals surface area contributed by atoms with Crippen LogP contribution in [-0.2, 0) is 32.3 Å². The first-order valence-corrected chi connectivity index (χ1v) is 21.3. The third kappa shape index (κ3) is 7.72. The summed E-state index contributed by atoms with van der Waals surface area (Å²) in [6, 6.07) is 23.5. The number of anilines is 1. The molecule has 0 radical (unpaired) electrons. The number of H-pyrrole nitrogens is 1. The van der Waals surface area contributed by atoms with Gasteiger partial charge in [-0.1, -0.05) is 48.5 Å². The first kappa shape index (κ1) is 41.6. The number of halogens is 3. The zero-order valence-electron chi connectivity index (χ0n) is 33.4. The number of methoxy groups -OCH3 is 1.